The number of hydrogen-bond acceptors (Lipinski definition) is 4. The molecule has 0 amide bonds. The van der Waals surface area contributed by atoms with Gasteiger partial charge in [-0.3, -0.25) is 4.79 Å². The second-order valence-corrected chi connectivity index (χ2v) is 4.47. The molecule has 0 aliphatic carbocycles. The van der Waals surface area contributed by atoms with E-state index in [0.717, 1.165) is 0 Å². The molecule has 0 unspecified atom stereocenters. The number of aromatic nitrogens is 1. The first-order valence-electron chi connectivity index (χ1n) is 5.05. The van der Waals surface area contributed by atoms with Crippen molar-refractivity contribution in [3.63, 3.8) is 0 Å². The van der Waals surface area contributed by atoms with E-state index in [1.165, 1.54) is 23.9 Å². The summed E-state index contributed by atoms with van der Waals surface area (Å²) in [6.45, 7) is 3.29. The standard InChI is InChI=1S/C11H16N2O4/c1-11(2,10(15)16)6-13-5-7(12)4-8(13)9(14)17-3/h4-5H,6,12H2,1-3H3,(H,15,16). The van der Waals surface area contributed by atoms with E-state index < -0.39 is 17.4 Å². The highest BCUT2D eigenvalue weighted by Crippen LogP contribution is 2.22. The molecule has 1 heterocycles. The summed E-state index contributed by atoms with van der Waals surface area (Å²) >= 11 is 0. The van der Waals surface area contributed by atoms with Gasteiger partial charge in [-0.25, -0.2) is 4.79 Å². The van der Waals surface area contributed by atoms with Gasteiger partial charge in [0.05, 0.1) is 18.2 Å². The zero-order valence-corrected chi connectivity index (χ0v) is 10.1. The van der Waals surface area contributed by atoms with E-state index in [2.05, 4.69) is 4.74 Å². The third-order valence-electron chi connectivity index (χ3n) is 2.46. The molecule has 0 bridgehead atoms. The molecular weight excluding hydrogens is 224 g/mol. The normalized spacial score (nSPS) is 11.2. The number of ether oxygens (including phenoxy) is 1. The van der Waals surface area contributed by atoms with Crippen LogP contribution < -0.4 is 5.73 Å². The Morgan fingerprint density at radius 3 is 2.59 bits per heavy atom. The van der Waals surface area contributed by atoms with E-state index in [-0.39, 0.29) is 12.2 Å². The molecule has 6 heteroatoms. The van der Waals surface area contributed by atoms with Crippen LogP contribution in [0.4, 0.5) is 5.69 Å². The first-order chi connectivity index (χ1) is 7.77. The maximum absolute atomic E-state index is 11.5. The van der Waals surface area contributed by atoms with Crippen LogP contribution in [-0.4, -0.2) is 28.7 Å². The largest absolute Gasteiger partial charge is 0.481 e. The van der Waals surface area contributed by atoms with Crippen LogP contribution >= 0.6 is 0 Å². The van der Waals surface area contributed by atoms with Crippen molar-refractivity contribution in [3.8, 4) is 0 Å². The van der Waals surface area contributed by atoms with Crippen LogP contribution in [0.3, 0.4) is 0 Å². The quantitative estimate of drug-likeness (QED) is 0.764. The molecule has 1 rings (SSSR count). The van der Waals surface area contributed by atoms with E-state index in [4.69, 9.17) is 10.8 Å². The van der Waals surface area contributed by atoms with Crippen LogP contribution in [0.1, 0.15) is 24.3 Å². The van der Waals surface area contributed by atoms with Crippen LogP contribution in [0, 0.1) is 5.41 Å². The summed E-state index contributed by atoms with van der Waals surface area (Å²) in [5.74, 6) is -1.48. The van der Waals surface area contributed by atoms with Gasteiger partial charge in [0.15, 0.2) is 0 Å². The Hall–Kier alpha value is -1.98. The summed E-state index contributed by atoms with van der Waals surface area (Å²) < 4.78 is 6.10. The van der Waals surface area contributed by atoms with Gasteiger partial charge in [0.25, 0.3) is 0 Å². The summed E-state index contributed by atoms with van der Waals surface area (Å²) in [5.41, 5.74) is 5.24. The molecular formula is C11H16N2O4. The van der Waals surface area contributed by atoms with Gasteiger partial charge in [-0.15, -0.1) is 0 Å². The summed E-state index contributed by atoms with van der Waals surface area (Å²) in [4.78, 5) is 22.5. The van der Waals surface area contributed by atoms with Crippen molar-refractivity contribution in [1.82, 2.24) is 4.57 Å². The molecule has 0 spiro atoms. The summed E-state index contributed by atoms with van der Waals surface area (Å²) in [5, 5.41) is 9.04. The smallest absolute Gasteiger partial charge is 0.354 e. The highest BCUT2D eigenvalue weighted by atomic mass is 16.5. The SMILES string of the molecule is COC(=O)c1cc(N)cn1CC(C)(C)C(=O)O. The van der Waals surface area contributed by atoms with E-state index in [1.54, 1.807) is 13.8 Å². The molecule has 1 aromatic rings. The fourth-order valence-electron chi connectivity index (χ4n) is 1.43. The number of rotatable bonds is 4. The van der Waals surface area contributed by atoms with Crippen molar-refractivity contribution in [2.24, 2.45) is 5.41 Å². The molecule has 94 valence electrons. The van der Waals surface area contributed by atoms with Gasteiger partial charge >= 0.3 is 11.9 Å². The minimum absolute atomic E-state index is 0.143. The Bertz CT molecular complexity index is 448. The number of hydrogen-bond donors (Lipinski definition) is 2. The number of carboxylic acids is 1. The predicted octanol–water partition coefficient (Wildman–Crippen LogP) is 0.968. The third kappa shape index (κ3) is 2.77. The molecule has 0 aromatic carbocycles. The molecule has 0 aliphatic rings. The number of anilines is 1. The molecule has 0 aliphatic heterocycles. The zero-order chi connectivity index (χ0) is 13.2. The van der Waals surface area contributed by atoms with E-state index >= 15 is 0 Å². The lowest BCUT2D eigenvalue weighted by atomic mass is 9.94. The molecule has 0 radical (unpaired) electrons. The minimum Gasteiger partial charge on any atom is -0.481 e. The average molecular weight is 240 g/mol. The highest BCUT2D eigenvalue weighted by molar-refractivity contribution is 5.89. The van der Waals surface area contributed by atoms with Crippen molar-refractivity contribution < 1.29 is 19.4 Å². The molecule has 3 N–H and O–H groups in total. The maximum atomic E-state index is 11.5. The van der Waals surface area contributed by atoms with Crippen molar-refractivity contribution in [1.29, 1.82) is 0 Å². The summed E-state index contributed by atoms with van der Waals surface area (Å²) in [7, 11) is 1.26. The van der Waals surface area contributed by atoms with Crippen molar-refractivity contribution in [2.45, 2.75) is 20.4 Å². The lowest BCUT2D eigenvalue weighted by Gasteiger charge is -2.20. The lowest BCUT2D eigenvalue weighted by Crippen LogP contribution is -2.30. The molecule has 0 atom stereocenters. The van der Waals surface area contributed by atoms with Crippen molar-refractivity contribution in [2.75, 3.05) is 12.8 Å². The van der Waals surface area contributed by atoms with Crippen LogP contribution in [0.25, 0.3) is 0 Å². The average Bonchev–Trinajstić information content (AvgIpc) is 2.57. The summed E-state index contributed by atoms with van der Waals surface area (Å²) in [6.07, 6.45) is 1.52. The number of carbonyl (C=O) groups excluding carboxylic acids is 1. The molecule has 0 fully saturated rings. The van der Waals surface area contributed by atoms with E-state index in [0.29, 0.717) is 5.69 Å². The Kier molecular flexibility index (Phi) is 3.45. The molecule has 17 heavy (non-hydrogen) atoms. The second-order valence-electron chi connectivity index (χ2n) is 4.47. The van der Waals surface area contributed by atoms with Gasteiger partial charge in [0.1, 0.15) is 5.69 Å². The second kappa shape index (κ2) is 4.48. The van der Waals surface area contributed by atoms with E-state index in [1.807, 2.05) is 0 Å². The Morgan fingerprint density at radius 2 is 2.12 bits per heavy atom. The maximum Gasteiger partial charge on any atom is 0.354 e. The molecule has 6 nitrogen and oxygen atoms in total. The first-order valence-corrected chi connectivity index (χ1v) is 5.05. The van der Waals surface area contributed by atoms with Crippen LogP contribution in [0.2, 0.25) is 0 Å². The highest BCUT2D eigenvalue weighted by Gasteiger charge is 2.29. The Morgan fingerprint density at radius 1 is 1.53 bits per heavy atom. The summed E-state index contributed by atoms with van der Waals surface area (Å²) in [6, 6.07) is 1.46. The first kappa shape index (κ1) is 13.1. The number of nitrogens with two attached hydrogens (primary N) is 1. The Labute approximate surface area is 99.0 Å². The van der Waals surface area contributed by atoms with Crippen LogP contribution in [0.15, 0.2) is 12.3 Å². The fraction of sp³-hybridized carbons (Fsp3) is 0.455. The lowest BCUT2D eigenvalue weighted by molar-refractivity contribution is -0.147. The van der Waals surface area contributed by atoms with Gasteiger partial charge in [-0.1, -0.05) is 0 Å². The zero-order valence-electron chi connectivity index (χ0n) is 10.1. The minimum atomic E-state index is -0.992. The number of methoxy groups -OCH3 is 1. The fourth-order valence-corrected chi connectivity index (χ4v) is 1.43. The predicted molar refractivity (Wildman–Crippen MR) is 61.6 cm³/mol. The van der Waals surface area contributed by atoms with Gasteiger partial charge in [0, 0.05) is 12.7 Å². The number of esters is 1. The van der Waals surface area contributed by atoms with Crippen molar-refractivity contribution >= 4 is 17.6 Å². The number of nitrogens with zero attached hydrogens (tertiary/aromatic N) is 1. The monoisotopic (exact) mass is 240 g/mol. The van der Waals surface area contributed by atoms with E-state index in [9.17, 15) is 9.59 Å². The van der Waals surface area contributed by atoms with Crippen molar-refractivity contribution in [3.05, 3.63) is 18.0 Å². The van der Waals surface area contributed by atoms with Gasteiger partial charge in [0.2, 0.25) is 0 Å². The molecule has 0 saturated heterocycles. The Balaban J connectivity index is 3.06. The molecule has 0 saturated carbocycles. The number of carboxylic acid groups (broad SMARTS) is 1. The van der Waals surface area contributed by atoms with Gasteiger partial charge in [-0.2, -0.15) is 0 Å². The van der Waals surface area contributed by atoms with Crippen LogP contribution in [-0.2, 0) is 16.1 Å². The topological polar surface area (TPSA) is 94.5 Å². The van der Waals surface area contributed by atoms with Gasteiger partial charge < -0.3 is 20.1 Å². The number of aliphatic carboxylic acids is 1. The third-order valence-corrected chi connectivity index (χ3v) is 2.46. The van der Waals surface area contributed by atoms with Gasteiger partial charge in [-0.05, 0) is 19.9 Å². The van der Waals surface area contributed by atoms with Crippen LogP contribution in [0.5, 0.6) is 0 Å². The number of carbonyl (C=O) groups is 2. The molecule has 1 aromatic heterocycles. The number of nitrogen functional groups attached to an aromatic ring is 1.